The molecule has 6 nitrogen and oxygen atoms in total. The van der Waals surface area contributed by atoms with Crippen LogP contribution in [-0.4, -0.2) is 54.8 Å². The number of rotatable bonds is 4. The van der Waals surface area contributed by atoms with Crippen LogP contribution in [-0.2, 0) is 6.54 Å². The van der Waals surface area contributed by atoms with Crippen LogP contribution in [0.5, 0.6) is 0 Å². The van der Waals surface area contributed by atoms with Crippen LogP contribution in [0.1, 0.15) is 18.4 Å². The first-order valence-electron chi connectivity index (χ1n) is 7.36. The SMILES string of the molecule is CN(C)c1ncccc1CNC(=O)N1CCC(CO)CC1. The highest BCUT2D eigenvalue weighted by Gasteiger charge is 2.22. The molecule has 1 aromatic heterocycles. The molecule has 1 saturated heterocycles. The Kier molecular flexibility index (Phi) is 5.38. The zero-order valence-corrected chi connectivity index (χ0v) is 12.7. The van der Waals surface area contributed by atoms with Gasteiger partial charge in [-0.05, 0) is 24.8 Å². The number of nitrogens with one attached hydrogen (secondary N) is 1. The molecule has 1 fully saturated rings. The van der Waals surface area contributed by atoms with Crippen molar-refractivity contribution in [3.63, 3.8) is 0 Å². The molecule has 0 aliphatic carbocycles. The smallest absolute Gasteiger partial charge is 0.317 e. The van der Waals surface area contributed by atoms with Crippen molar-refractivity contribution in [3.8, 4) is 0 Å². The molecule has 0 bridgehead atoms. The number of pyridine rings is 1. The number of hydrogen-bond acceptors (Lipinski definition) is 4. The predicted octanol–water partition coefficient (Wildman–Crippen LogP) is 1.06. The van der Waals surface area contributed by atoms with Crippen LogP contribution < -0.4 is 10.2 Å². The van der Waals surface area contributed by atoms with Crippen molar-refractivity contribution in [3.05, 3.63) is 23.9 Å². The summed E-state index contributed by atoms with van der Waals surface area (Å²) in [5, 5.41) is 12.1. The zero-order valence-electron chi connectivity index (χ0n) is 12.7. The third kappa shape index (κ3) is 4.07. The molecule has 0 unspecified atom stereocenters. The highest BCUT2D eigenvalue weighted by Crippen LogP contribution is 2.17. The van der Waals surface area contributed by atoms with E-state index in [-0.39, 0.29) is 12.6 Å². The fourth-order valence-corrected chi connectivity index (χ4v) is 2.57. The van der Waals surface area contributed by atoms with E-state index < -0.39 is 0 Å². The lowest BCUT2D eigenvalue weighted by Gasteiger charge is -2.31. The Morgan fingerprint density at radius 3 is 2.81 bits per heavy atom. The Morgan fingerprint density at radius 1 is 1.48 bits per heavy atom. The molecule has 0 aromatic carbocycles. The quantitative estimate of drug-likeness (QED) is 0.871. The van der Waals surface area contributed by atoms with Gasteiger partial charge in [-0.2, -0.15) is 0 Å². The predicted molar refractivity (Wildman–Crippen MR) is 82.2 cm³/mol. The Labute approximate surface area is 125 Å². The molecule has 2 rings (SSSR count). The number of aliphatic hydroxyl groups excluding tert-OH is 1. The van der Waals surface area contributed by atoms with Crippen molar-refractivity contribution in [2.75, 3.05) is 38.7 Å². The van der Waals surface area contributed by atoms with Crippen molar-refractivity contribution in [2.45, 2.75) is 19.4 Å². The summed E-state index contributed by atoms with van der Waals surface area (Å²) in [5.74, 6) is 1.21. The number of amides is 2. The van der Waals surface area contributed by atoms with Crippen LogP contribution in [0.4, 0.5) is 10.6 Å². The summed E-state index contributed by atoms with van der Waals surface area (Å²) in [6, 6.07) is 3.81. The molecule has 1 aliphatic rings. The number of aliphatic hydroxyl groups is 1. The Balaban J connectivity index is 1.87. The molecule has 2 N–H and O–H groups in total. The Morgan fingerprint density at radius 2 is 2.19 bits per heavy atom. The number of likely N-dealkylation sites (tertiary alicyclic amines) is 1. The molecular weight excluding hydrogens is 268 g/mol. The van der Waals surface area contributed by atoms with Crippen molar-refractivity contribution in [1.29, 1.82) is 0 Å². The van der Waals surface area contributed by atoms with Crippen molar-refractivity contribution in [2.24, 2.45) is 5.92 Å². The van der Waals surface area contributed by atoms with Crippen LogP contribution >= 0.6 is 0 Å². The molecule has 116 valence electrons. The number of carbonyl (C=O) groups is 1. The van der Waals surface area contributed by atoms with E-state index in [1.807, 2.05) is 36.0 Å². The number of aromatic nitrogens is 1. The minimum Gasteiger partial charge on any atom is -0.396 e. The second-order valence-corrected chi connectivity index (χ2v) is 5.65. The van der Waals surface area contributed by atoms with Crippen LogP contribution in [0.15, 0.2) is 18.3 Å². The van der Waals surface area contributed by atoms with Crippen molar-refractivity contribution in [1.82, 2.24) is 15.2 Å². The lowest BCUT2D eigenvalue weighted by Crippen LogP contribution is -2.44. The van der Waals surface area contributed by atoms with E-state index in [1.54, 1.807) is 6.20 Å². The highest BCUT2D eigenvalue weighted by molar-refractivity contribution is 5.74. The largest absolute Gasteiger partial charge is 0.396 e. The molecule has 2 amide bonds. The van der Waals surface area contributed by atoms with E-state index in [9.17, 15) is 4.79 Å². The van der Waals surface area contributed by atoms with Gasteiger partial charge in [0, 0.05) is 52.1 Å². The summed E-state index contributed by atoms with van der Waals surface area (Å²) >= 11 is 0. The first-order valence-corrected chi connectivity index (χ1v) is 7.36. The van der Waals surface area contributed by atoms with Gasteiger partial charge in [-0.15, -0.1) is 0 Å². The first-order chi connectivity index (χ1) is 10.1. The maximum atomic E-state index is 12.2. The Hall–Kier alpha value is -1.82. The van der Waals surface area contributed by atoms with Gasteiger partial charge in [-0.25, -0.2) is 9.78 Å². The first kappa shape index (κ1) is 15.6. The van der Waals surface area contributed by atoms with Gasteiger partial charge in [0.05, 0.1) is 0 Å². The summed E-state index contributed by atoms with van der Waals surface area (Å²) in [6.07, 6.45) is 3.50. The second kappa shape index (κ2) is 7.26. The van der Waals surface area contributed by atoms with Gasteiger partial charge < -0.3 is 20.2 Å². The minimum atomic E-state index is -0.0417. The lowest BCUT2D eigenvalue weighted by atomic mass is 9.98. The van der Waals surface area contributed by atoms with E-state index in [0.29, 0.717) is 25.6 Å². The average Bonchev–Trinajstić information content (AvgIpc) is 2.52. The number of carbonyl (C=O) groups excluding carboxylic acids is 1. The molecule has 1 aliphatic heterocycles. The van der Waals surface area contributed by atoms with Gasteiger partial charge in [-0.3, -0.25) is 0 Å². The van der Waals surface area contributed by atoms with Gasteiger partial charge in [0.15, 0.2) is 0 Å². The number of nitrogens with zero attached hydrogens (tertiary/aromatic N) is 3. The van der Waals surface area contributed by atoms with E-state index in [0.717, 1.165) is 24.2 Å². The van der Waals surface area contributed by atoms with Crippen LogP contribution in [0, 0.1) is 5.92 Å². The fraction of sp³-hybridized carbons (Fsp3) is 0.600. The van der Waals surface area contributed by atoms with Gasteiger partial charge in [0.1, 0.15) is 5.82 Å². The molecule has 2 heterocycles. The van der Waals surface area contributed by atoms with E-state index in [2.05, 4.69) is 10.3 Å². The van der Waals surface area contributed by atoms with E-state index >= 15 is 0 Å². The minimum absolute atomic E-state index is 0.0417. The number of hydrogen-bond donors (Lipinski definition) is 2. The Bertz CT molecular complexity index is 470. The standard InChI is InChI=1S/C15H24N4O2/c1-18(2)14-13(4-3-7-16-14)10-17-15(21)19-8-5-12(11-20)6-9-19/h3-4,7,12,20H,5-6,8-11H2,1-2H3,(H,17,21). The maximum Gasteiger partial charge on any atom is 0.317 e. The van der Waals surface area contributed by atoms with Gasteiger partial charge in [0.2, 0.25) is 0 Å². The topological polar surface area (TPSA) is 68.7 Å². The summed E-state index contributed by atoms with van der Waals surface area (Å²) < 4.78 is 0. The van der Waals surface area contributed by atoms with E-state index in [4.69, 9.17) is 5.11 Å². The monoisotopic (exact) mass is 292 g/mol. The molecule has 0 atom stereocenters. The van der Waals surface area contributed by atoms with E-state index in [1.165, 1.54) is 0 Å². The third-order valence-corrected chi connectivity index (χ3v) is 3.88. The van der Waals surface area contributed by atoms with Crippen molar-refractivity contribution >= 4 is 11.8 Å². The molecule has 1 aromatic rings. The highest BCUT2D eigenvalue weighted by atomic mass is 16.3. The third-order valence-electron chi connectivity index (χ3n) is 3.88. The number of anilines is 1. The molecular formula is C15H24N4O2. The summed E-state index contributed by atoms with van der Waals surface area (Å²) in [5.41, 5.74) is 1.00. The molecule has 6 heteroatoms. The average molecular weight is 292 g/mol. The van der Waals surface area contributed by atoms with Gasteiger partial charge >= 0.3 is 6.03 Å². The molecule has 0 radical (unpaired) electrons. The van der Waals surface area contributed by atoms with Crippen LogP contribution in [0.2, 0.25) is 0 Å². The number of piperidine rings is 1. The normalized spacial score (nSPS) is 15.9. The summed E-state index contributed by atoms with van der Waals surface area (Å²) in [7, 11) is 3.88. The van der Waals surface area contributed by atoms with Gasteiger partial charge in [0.25, 0.3) is 0 Å². The van der Waals surface area contributed by atoms with Crippen LogP contribution in [0.25, 0.3) is 0 Å². The molecule has 21 heavy (non-hydrogen) atoms. The number of urea groups is 1. The van der Waals surface area contributed by atoms with Crippen molar-refractivity contribution < 1.29 is 9.90 Å². The van der Waals surface area contributed by atoms with Gasteiger partial charge in [-0.1, -0.05) is 6.07 Å². The second-order valence-electron chi connectivity index (χ2n) is 5.65. The van der Waals surface area contributed by atoms with Crippen LogP contribution in [0.3, 0.4) is 0 Å². The maximum absolute atomic E-state index is 12.2. The summed E-state index contributed by atoms with van der Waals surface area (Å²) in [6.45, 7) is 2.12. The summed E-state index contributed by atoms with van der Waals surface area (Å²) in [4.78, 5) is 20.2. The molecule has 0 spiro atoms. The fourth-order valence-electron chi connectivity index (χ4n) is 2.57. The molecule has 0 saturated carbocycles. The lowest BCUT2D eigenvalue weighted by molar-refractivity contribution is 0.137. The zero-order chi connectivity index (χ0) is 15.2.